The van der Waals surface area contributed by atoms with Gasteiger partial charge in [0.15, 0.2) is 0 Å². The van der Waals surface area contributed by atoms with Crippen LogP contribution in [0.5, 0.6) is 0 Å². The molecule has 35 heavy (non-hydrogen) atoms. The molecule has 6 heteroatoms. The van der Waals surface area contributed by atoms with E-state index in [4.69, 9.17) is 0 Å². The summed E-state index contributed by atoms with van der Waals surface area (Å²) in [5.41, 5.74) is 5.14. The number of amides is 2. The van der Waals surface area contributed by atoms with E-state index in [0.29, 0.717) is 11.5 Å². The van der Waals surface area contributed by atoms with Crippen molar-refractivity contribution < 1.29 is 9.59 Å². The molecule has 3 atom stereocenters. The minimum atomic E-state index is -0.0748. The van der Waals surface area contributed by atoms with Gasteiger partial charge < -0.3 is 15.6 Å². The summed E-state index contributed by atoms with van der Waals surface area (Å²) in [6.45, 7) is 4.13. The maximum atomic E-state index is 12.7. The molecule has 3 unspecified atom stereocenters. The van der Waals surface area contributed by atoms with E-state index < -0.39 is 0 Å². The van der Waals surface area contributed by atoms with Crippen LogP contribution in [0.25, 0.3) is 22.4 Å². The number of carbonyl (C=O) groups excluding carboxylic acids is 2. The lowest BCUT2D eigenvalue weighted by molar-refractivity contribution is -0.117. The van der Waals surface area contributed by atoms with Crippen molar-refractivity contribution >= 4 is 28.5 Å². The van der Waals surface area contributed by atoms with Crippen molar-refractivity contribution in [2.75, 3.05) is 5.32 Å². The first-order chi connectivity index (χ1) is 17.0. The number of fused-ring (bicyclic) bond motifs is 1. The maximum absolute atomic E-state index is 12.7. The Bertz CT molecular complexity index is 1340. The monoisotopic (exact) mass is 466 g/mol. The Hall–Kier alpha value is -3.93. The SMILES string of the molecule is CCCC(C)NC(=O)c1ccc2nc(-c3ccc(NC(=O)C4CC4c4ccccc4)cc3)[nH]c2c1. The summed E-state index contributed by atoms with van der Waals surface area (Å²) in [7, 11) is 0. The summed E-state index contributed by atoms with van der Waals surface area (Å²) in [6.07, 6.45) is 2.87. The van der Waals surface area contributed by atoms with Gasteiger partial charge in [-0.05, 0) is 73.7 Å². The van der Waals surface area contributed by atoms with Gasteiger partial charge in [0, 0.05) is 28.8 Å². The summed E-state index contributed by atoms with van der Waals surface area (Å²) in [5.74, 6) is 1.06. The van der Waals surface area contributed by atoms with E-state index in [1.54, 1.807) is 6.07 Å². The van der Waals surface area contributed by atoms with Crippen LogP contribution in [-0.4, -0.2) is 27.8 Å². The van der Waals surface area contributed by atoms with Crippen LogP contribution in [0.2, 0.25) is 0 Å². The van der Waals surface area contributed by atoms with E-state index in [-0.39, 0.29) is 23.8 Å². The molecule has 1 heterocycles. The average molecular weight is 467 g/mol. The first-order valence-corrected chi connectivity index (χ1v) is 12.3. The smallest absolute Gasteiger partial charge is 0.251 e. The maximum Gasteiger partial charge on any atom is 0.251 e. The Morgan fingerprint density at radius 2 is 1.83 bits per heavy atom. The number of imidazole rings is 1. The number of nitrogens with one attached hydrogen (secondary N) is 3. The zero-order chi connectivity index (χ0) is 24.4. The Labute approximate surface area is 205 Å². The van der Waals surface area contributed by atoms with Gasteiger partial charge in [0.2, 0.25) is 5.91 Å². The van der Waals surface area contributed by atoms with Crippen molar-refractivity contribution in [1.29, 1.82) is 0 Å². The number of carbonyl (C=O) groups is 2. The molecule has 1 fully saturated rings. The standard InChI is InChI=1S/C29H30N4O2/c1-3-7-18(2)30-28(34)21-12-15-25-26(16-21)33-27(32-25)20-10-13-22(14-11-20)31-29(35)24-17-23(24)19-8-5-4-6-9-19/h4-6,8-16,18,23-24H,3,7,17H2,1-2H3,(H,30,34)(H,31,35)(H,32,33). The molecule has 0 bridgehead atoms. The first-order valence-electron chi connectivity index (χ1n) is 12.3. The van der Waals surface area contributed by atoms with Gasteiger partial charge in [0.05, 0.1) is 11.0 Å². The van der Waals surface area contributed by atoms with Crippen molar-refractivity contribution in [3.8, 4) is 11.4 Å². The number of aromatic amines is 1. The minimum Gasteiger partial charge on any atom is -0.350 e. The predicted octanol–water partition coefficient (Wildman–Crippen LogP) is 5.89. The van der Waals surface area contributed by atoms with Gasteiger partial charge in [-0.3, -0.25) is 9.59 Å². The molecule has 1 aliphatic rings. The number of anilines is 1. The Morgan fingerprint density at radius 3 is 2.57 bits per heavy atom. The highest BCUT2D eigenvalue weighted by molar-refractivity contribution is 5.98. The molecule has 4 aromatic rings. The number of hydrogen-bond acceptors (Lipinski definition) is 3. The first kappa shape index (κ1) is 22.8. The van der Waals surface area contributed by atoms with Crippen molar-refractivity contribution in [2.45, 2.75) is 45.1 Å². The van der Waals surface area contributed by atoms with E-state index >= 15 is 0 Å². The van der Waals surface area contributed by atoms with Crippen LogP contribution in [0, 0.1) is 5.92 Å². The number of hydrogen-bond donors (Lipinski definition) is 3. The summed E-state index contributed by atoms with van der Waals surface area (Å²) < 4.78 is 0. The zero-order valence-electron chi connectivity index (χ0n) is 20.0. The molecule has 1 saturated carbocycles. The molecule has 6 nitrogen and oxygen atoms in total. The fraction of sp³-hybridized carbons (Fsp3) is 0.276. The lowest BCUT2D eigenvalue weighted by Crippen LogP contribution is -2.32. The summed E-state index contributed by atoms with van der Waals surface area (Å²) in [4.78, 5) is 33.2. The lowest BCUT2D eigenvalue weighted by atomic mass is 10.1. The zero-order valence-corrected chi connectivity index (χ0v) is 20.0. The average Bonchev–Trinajstić information content (AvgIpc) is 3.56. The molecular formula is C29H30N4O2. The summed E-state index contributed by atoms with van der Waals surface area (Å²) in [6, 6.07) is 23.5. The Morgan fingerprint density at radius 1 is 1.06 bits per heavy atom. The van der Waals surface area contributed by atoms with E-state index in [0.717, 1.165) is 47.4 Å². The highest BCUT2D eigenvalue weighted by atomic mass is 16.2. The molecule has 1 aromatic heterocycles. The minimum absolute atomic E-state index is 0.0313. The molecule has 5 rings (SSSR count). The fourth-order valence-corrected chi connectivity index (χ4v) is 4.60. The van der Waals surface area contributed by atoms with Crippen LogP contribution < -0.4 is 10.6 Å². The number of rotatable bonds is 8. The highest BCUT2D eigenvalue weighted by Gasteiger charge is 2.43. The lowest BCUT2D eigenvalue weighted by Gasteiger charge is -2.12. The molecule has 3 aromatic carbocycles. The van der Waals surface area contributed by atoms with Crippen LogP contribution in [0.15, 0.2) is 72.8 Å². The van der Waals surface area contributed by atoms with Crippen molar-refractivity contribution in [1.82, 2.24) is 15.3 Å². The van der Waals surface area contributed by atoms with Crippen molar-refractivity contribution in [3.63, 3.8) is 0 Å². The third-order valence-corrected chi connectivity index (χ3v) is 6.62. The molecule has 0 radical (unpaired) electrons. The molecule has 2 amide bonds. The number of H-pyrrole nitrogens is 1. The van der Waals surface area contributed by atoms with Crippen LogP contribution in [0.1, 0.15) is 54.9 Å². The molecular weight excluding hydrogens is 436 g/mol. The number of benzene rings is 3. The second-order valence-corrected chi connectivity index (χ2v) is 9.41. The molecule has 178 valence electrons. The third-order valence-electron chi connectivity index (χ3n) is 6.62. The van der Waals surface area contributed by atoms with Crippen LogP contribution in [0.3, 0.4) is 0 Å². The molecule has 3 N–H and O–H groups in total. The van der Waals surface area contributed by atoms with E-state index in [1.807, 2.05) is 61.5 Å². The van der Waals surface area contributed by atoms with Crippen LogP contribution >= 0.6 is 0 Å². The van der Waals surface area contributed by atoms with Crippen molar-refractivity contribution in [2.24, 2.45) is 5.92 Å². The van der Waals surface area contributed by atoms with E-state index in [1.165, 1.54) is 5.56 Å². The third kappa shape index (κ3) is 5.11. The van der Waals surface area contributed by atoms with Gasteiger partial charge in [-0.2, -0.15) is 0 Å². The van der Waals surface area contributed by atoms with Gasteiger partial charge in [0.1, 0.15) is 5.82 Å². The fourth-order valence-electron chi connectivity index (χ4n) is 4.60. The number of aromatic nitrogens is 2. The Kier molecular flexibility index (Phi) is 6.36. The van der Waals surface area contributed by atoms with E-state index in [2.05, 4.69) is 39.7 Å². The van der Waals surface area contributed by atoms with Gasteiger partial charge >= 0.3 is 0 Å². The summed E-state index contributed by atoms with van der Waals surface area (Å²) in [5, 5.41) is 6.08. The van der Waals surface area contributed by atoms with Gasteiger partial charge in [0.25, 0.3) is 5.91 Å². The largest absolute Gasteiger partial charge is 0.350 e. The quantitative estimate of drug-likeness (QED) is 0.303. The second kappa shape index (κ2) is 9.74. The number of nitrogens with zero attached hydrogens (tertiary/aromatic N) is 1. The Balaban J connectivity index is 1.24. The molecule has 0 aliphatic heterocycles. The predicted molar refractivity (Wildman–Crippen MR) is 139 cm³/mol. The van der Waals surface area contributed by atoms with Crippen LogP contribution in [0.4, 0.5) is 5.69 Å². The molecule has 1 aliphatic carbocycles. The van der Waals surface area contributed by atoms with Gasteiger partial charge in [-0.1, -0.05) is 43.7 Å². The highest BCUT2D eigenvalue weighted by Crippen LogP contribution is 2.47. The normalized spacial score (nSPS) is 17.7. The van der Waals surface area contributed by atoms with Gasteiger partial charge in [-0.25, -0.2) is 4.98 Å². The second-order valence-electron chi connectivity index (χ2n) is 9.41. The topological polar surface area (TPSA) is 86.9 Å². The molecule has 0 saturated heterocycles. The van der Waals surface area contributed by atoms with Crippen LogP contribution in [-0.2, 0) is 4.79 Å². The molecule has 0 spiro atoms. The van der Waals surface area contributed by atoms with E-state index in [9.17, 15) is 9.59 Å². The summed E-state index contributed by atoms with van der Waals surface area (Å²) >= 11 is 0. The van der Waals surface area contributed by atoms with Gasteiger partial charge in [-0.15, -0.1) is 0 Å². The van der Waals surface area contributed by atoms with Crippen molar-refractivity contribution in [3.05, 3.63) is 83.9 Å².